The molecule has 0 spiro atoms. The number of fused-ring (bicyclic) bond motifs is 1. The van der Waals surface area contributed by atoms with Gasteiger partial charge in [-0.05, 0) is 17.7 Å². The van der Waals surface area contributed by atoms with Gasteiger partial charge in [0.1, 0.15) is 23.4 Å². The Kier molecular flexibility index (Phi) is 3.27. The second-order valence-corrected chi connectivity index (χ2v) is 5.33. The summed E-state index contributed by atoms with van der Waals surface area (Å²) in [5.41, 5.74) is 3.31. The lowest BCUT2D eigenvalue weighted by atomic mass is 10.1. The molecule has 0 aliphatic rings. The van der Waals surface area contributed by atoms with Crippen molar-refractivity contribution in [1.29, 1.82) is 0 Å². The van der Waals surface area contributed by atoms with Gasteiger partial charge in [0.15, 0.2) is 5.65 Å². The molecular formula is C17H15N5O. The minimum Gasteiger partial charge on any atom is -0.469 e. The number of nitrogens with two attached hydrogens (primary N) is 1. The van der Waals surface area contributed by atoms with Crippen LogP contribution in [0.1, 0.15) is 22.8 Å². The third-order valence-electron chi connectivity index (χ3n) is 3.67. The molecule has 0 fully saturated rings. The van der Waals surface area contributed by atoms with E-state index < -0.39 is 0 Å². The molecule has 0 aliphatic heterocycles. The number of nitrogens with zero attached hydrogens (tertiary/aromatic N) is 4. The van der Waals surface area contributed by atoms with Crippen LogP contribution in [0.3, 0.4) is 0 Å². The Morgan fingerprint density at radius 1 is 1.00 bits per heavy atom. The van der Waals surface area contributed by atoms with Gasteiger partial charge in [-0.1, -0.05) is 30.3 Å². The Labute approximate surface area is 132 Å². The number of furan rings is 1. The van der Waals surface area contributed by atoms with Crippen molar-refractivity contribution in [1.82, 2.24) is 19.6 Å². The molecule has 23 heavy (non-hydrogen) atoms. The van der Waals surface area contributed by atoms with Crippen molar-refractivity contribution in [3.05, 3.63) is 77.9 Å². The summed E-state index contributed by atoms with van der Waals surface area (Å²) in [6.45, 7) is 0. The maximum Gasteiger partial charge on any atom is 0.182 e. The number of rotatable bonds is 4. The highest BCUT2D eigenvalue weighted by molar-refractivity contribution is 5.73. The predicted octanol–water partition coefficient (Wildman–Crippen LogP) is 2.31. The lowest BCUT2D eigenvalue weighted by Gasteiger charge is -2.05. The van der Waals surface area contributed by atoms with Gasteiger partial charge in [0.05, 0.1) is 18.4 Å². The Hall–Kier alpha value is -3.15. The zero-order chi connectivity index (χ0) is 15.6. The van der Waals surface area contributed by atoms with Crippen LogP contribution in [0, 0.1) is 0 Å². The maximum absolute atomic E-state index is 5.92. The van der Waals surface area contributed by atoms with E-state index in [1.807, 2.05) is 30.3 Å². The molecule has 4 rings (SSSR count). The van der Waals surface area contributed by atoms with Gasteiger partial charge in [-0.15, -0.1) is 0 Å². The first-order chi connectivity index (χ1) is 11.3. The summed E-state index contributed by atoms with van der Waals surface area (Å²) in [7, 11) is 0. The van der Waals surface area contributed by atoms with Crippen LogP contribution >= 0.6 is 0 Å². The Bertz CT molecular complexity index is 928. The molecule has 0 bridgehead atoms. The molecule has 0 saturated carbocycles. The first-order valence-corrected chi connectivity index (χ1v) is 7.34. The highest BCUT2D eigenvalue weighted by atomic mass is 16.3. The summed E-state index contributed by atoms with van der Waals surface area (Å²) in [5, 5.41) is 0. The fourth-order valence-corrected chi connectivity index (χ4v) is 2.58. The lowest BCUT2D eigenvalue weighted by Crippen LogP contribution is -2.10. The molecule has 0 radical (unpaired) electrons. The van der Waals surface area contributed by atoms with E-state index in [1.165, 1.54) is 4.68 Å². The third kappa shape index (κ3) is 2.66. The van der Waals surface area contributed by atoms with Crippen LogP contribution in [0.15, 0.2) is 59.5 Å². The van der Waals surface area contributed by atoms with Gasteiger partial charge in [-0.2, -0.15) is 0 Å². The van der Waals surface area contributed by atoms with Gasteiger partial charge in [0.2, 0.25) is 0 Å². The zero-order valence-corrected chi connectivity index (χ0v) is 12.4. The molecule has 0 atom stereocenters. The summed E-state index contributed by atoms with van der Waals surface area (Å²) in [4.78, 5) is 13.6. The molecule has 3 heterocycles. The van der Waals surface area contributed by atoms with E-state index in [2.05, 4.69) is 27.1 Å². The van der Waals surface area contributed by atoms with Crippen molar-refractivity contribution < 1.29 is 4.42 Å². The molecule has 3 aromatic heterocycles. The van der Waals surface area contributed by atoms with Crippen molar-refractivity contribution in [2.45, 2.75) is 12.8 Å². The summed E-state index contributed by atoms with van der Waals surface area (Å²) in [5.74, 6) is 7.48. The highest BCUT2D eigenvalue weighted by Crippen LogP contribution is 2.18. The second-order valence-electron chi connectivity index (χ2n) is 5.33. The number of benzene rings is 1. The molecule has 2 N–H and O–H groups in total. The summed E-state index contributed by atoms with van der Waals surface area (Å²) < 4.78 is 6.85. The first-order valence-electron chi connectivity index (χ1n) is 7.34. The van der Waals surface area contributed by atoms with Gasteiger partial charge in [-0.25, -0.2) is 19.6 Å². The molecule has 0 aliphatic carbocycles. The zero-order valence-electron chi connectivity index (χ0n) is 12.4. The van der Waals surface area contributed by atoms with Gasteiger partial charge in [-0.3, -0.25) is 0 Å². The minimum absolute atomic E-state index is 0.560. The Balaban J connectivity index is 1.77. The SMILES string of the molecule is Nn1cnc2c(Cc3ccco3)nc(Cc3ccccc3)nc21. The molecule has 0 saturated heterocycles. The number of aromatic nitrogens is 4. The highest BCUT2D eigenvalue weighted by Gasteiger charge is 2.14. The molecule has 114 valence electrons. The minimum atomic E-state index is 0.560. The fourth-order valence-electron chi connectivity index (χ4n) is 2.58. The van der Waals surface area contributed by atoms with E-state index in [1.54, 1.807) is 12.6 Å². The van der Waals surface area contributed by atoms with Gasteiger partial charge >= 0.3 is 0 Å². The summed E-state index contributed by atoms with van der Waals surface area (Å²) in [6, 6.07) is 13.9. The summed E-state index contributed by atoms with van der Waals surface area (Å²) >= 11 is 0. The van der Waals surface area contributed by atoms with E-state index in [9.17, 15) is 0 Å². The molecule has 6 nitrogen and oxygen atoms in total. The Morgan fingerprint density at radius 3 is 2.65 bits per heavy atom. The number of nitrogen functional groups attached to an aromatic ring is 1. The van der Waals surface area contributed by atoms with Crippen LogP contribution in [0.2, 0.25) is 0 Å². The molecule has 4 aromatic rings. The predicted molar refractivity (Wildman–Crippen MR) is 86.2 cm³/mol. The topological polar surface area (TPSA) is 82.8 Å². The maximum atomic E-state index is 5.92. The van der Waals surface area contributed by atoms with Crippen LogP contribution < -0.4 is 5.84 Å². The van der Waals surface area contributed by atoms with Crippen molar-refractivity contribution in [3.63, 3.8) is 0 Å². The molecular weight excluding hydrogens is 290 g/mol. The number of hydrogen-bond donors (Lipinski definition) is 1. The molecule has 0 unspecified atom stereocenters. The van der Waals surface area contributed by atoms with Crippen molar-refractivity contribution >= 4 is 11.2 Å². The van der Waals surface area contributed by atoms with E-state index in [-0.39, 0.29) is 0 Å². The van der Waals surface area contributed by atoms with Crippen LogP contribution in [-0.4, -0.2) is 19.6 Å². The van der Waals surface area contributed by atoms with E-state index in [0.717, 1.165) is 22.8 Å². The van der Waals surface area contributed by atoms with Crippen molar-refractivity contribution in [2.75, 3.05) is 5.84 Å². The second kappa shape index (κ2) is 5.57. The molecule has 0 amide bonds. The van der Waals surface area contributed by atoms with Crippen LogP contribution in [-0.2, 0) is 12.8 Å². The van der Waals surface area contributed by atoms with Crippen molar-refractivity contribution in [2.24, 2.45) is 0 Å². The van der Waals surface area contributed by atoms with Crippen LogP contribution in [0.4, 0.5) is 0 Å². The normalized spacial score (nSPS) is 11.1. The van der Waals surface area contributed by atoms with E-state index in [4.69, 9.17) is 10.3 Å². The quantitative estimate of drug-likeness (QED) is 0.585. The number of imidazole rings is 1. The molecule has 1 aromatic carbocycles. The third-order valence-corrected chi connectivity index (χ3v) is 3.67. The summed E-state index contributed by atoms with van der Waals surface area (Å²) in [6.07, 6.45) is 4.41. The molecule has 6 heteroatoms. The number of hydrogen-bond acceptors (Lipinski definition) is 5. The average Bonchev–Trinajstić information content (AvgIpc) is 3.19. The Morgan fingerprint density at radius 2 is 1.87 bits per heavy atom. The monoisotopic (exact) mass is 305 g/mol. The standard InChI is InChI=1S/C17H15N5O/c18-22-11-19-16-14(10-13-7-4-8-23-13)20-15(21-17(16)22)9-12-5-2-1-3-6-12/h1-8,11H,9-10,18H2. The largest absolute Gasteiger partial charge is 0.469 e. The average molecular weight is 305 g/mol. The van der Waals surface area contributed by atoms with Crippen molar-refractivity contribution in [3.8, 4) is 0 Å². The lowest BCUT2D eigenvalue weighted by molar-refractivity contribution is 0.519. The van der Waals surface area contributed by atoms with Crippen LogP contribution in [0.5, 0.6) is 0 Å². The fraction of sp³-hybridized carbons (Fsp3) is 0.118. The van der Waals surface area contributed by atoms with Gasteiger partial charge in [0.25, 0.3) is 0 Å². The first kappa shape index (κ1) is 13.5. The van der Waals surface area contributed by atoms with Gasteiger partial charge in [0, 0.05) is 6.42 Å². The smallest absolute Gasteiger partial charge is 0.182 e. The van der Waals surface area contributed by atoms with E-state index in [0.29, 0.717) is 24.0 Å². The van der Waals surface area contributed by atoms with Crippen LogP contribution in [0.25, 0.3) is 11.2 Å². The van der Waals surface area contributed by atoms with Gasteiger partial charge < -0.3 is 10.3 Å². The van der Waals surface area contributed by atoms with E-state index >= 15 is 0 Å².